The van der Waals surface area contributed by atoms with Crippen LogP contribution in [0.4, 0.5) is 5.69 Å². The quantitative estimate of drug-likeness (QED) is 0.711. The van der Waals surface area contributed by atoms with Crippen LogP contribution in [0.25, 0.3) is 0 Å². The SMILES string of the molecule is CC(=O)SCC1CC(=O)N(c2cc(Cl)c(Br)c(Cl)c2)C1. The van der Waals surface area contributed by atoms with Crippen LogP contribution in [0.1, 0.15) is 13.3 Å². The van der Waals surface area contributed by atoms with Crippen LogP contribution in [0, 0.1) is 5.92 Å². The van der Waals surface area contributed by atoms with E-state index in [0.717, 1.165) is 0 Å². The Morgan fingerprint density at radius 1 is 1.45 bits per heavy atom. The van der Waals surface area contributed by atoms with Gasteiger partial charge in [0.2, 0.25) is 5.91 Å². The van der Waals surface area contributed by atoms with E-state index in [1.54, 1.807) is 17.0 Å². The molecule has 0 N–H and O–H groups in total. The Hall–Kier alpha value is -0.230. The summed E-state index contributed by atoms with van der Waals surface area (Å²) in [6.07, 6.45) is 0.450. The van der Waals surface area contributed by atoms with Gasteiger partial charge in [0.1, 0.15) is 0 Å². The molecular formula is C13H12BrCl2NO2S. The van der Waals surface area contributed by atoms with Crippen LogP contribution in [0.2, 0.25) is 10.0 Å². The summed E-state index contributed by atoms with van der Waals surface area (Å²) in [7, 11) is 0. The third-order valence-corrected chi connectivity index (χ3v) is 5.96. The van der Waals surface area contributed by atoms with Crippen molar-refractivity contribution >= 4 is 67.6 Å². The summed E-state index contributed by atoms with van der Waals surface area (Å²) < 4.78 is 0.625. The molecule has 1 unspecified atom stereocenters. The minimum Gasteiger partial charge on any atom is -0.312 e. The molecule has 0 spiro atoms. The Labute approximate surface area is 140 Å². The Kier molecular flexibility index (Phi) is 5.40. The highest BCUT2D eigenvalue weighted by molar-refractivity contribution is 9.10. The van der Waals surface area contributed by atoms with E-state index in [9.17, 15) is 9.59 Å². The molecule has 20 heavy (non-hydrogen) atoms. The normalized spacial score (nSPS) is 18.7. The fourth-order valence-corrected chi connectivity index (χ4v) is 3.47. The molecule has 2 rings (SSSR count). The van der Waals surface area contributed by atoms with Gasteiger partial charge in [0.05, 0.1) is 14.5 Å². The second-order valence-electron chi connectivity index (χ2n) is 4.60. The van der Waals surface area contributed by atoms with E-state index in [0.29, 0.717) is 38.9 Å². The predicted molar refractivity (Wildman–Crippen MR) is 87.8 cm³/mol. The molecular weight excluding hydrogens is 385 g/mol. The lowest BCUT2D eigenvalue weighted by atomic mass is 10.1. The molecule has 1 amide bonds. The number of rotatable bonds is 3. The van der Waals surface area contributed by atoms with Gasteiger partial charge in [-0.25, -0.2) is 0 Å². The molecule has 0 aromatic heterocycles. The Balaban J connectivity index is 2.14. The number of benzene rings is 1. The lowest BCUT2D eigenvalue weighted by Gasteiger charge is -2.18. The standard InChI is InChI=1S/C13H12BrCl2NO2S/c1-7(18)20-6-8-2-12(19)17(5-8)9-3-10(15)13(14)11(16)4-9/h3-4,8H,2,5-6H2,1H3. The van der Waals surface area contributed by atoms with Crippen molar-refractivity contribution in [3.63, 3.8) is 0 Å². The molecule has 1 aromatic rings. The van der Waals surface area contributed by atoms with E-state index in [1.807, 2.05) is 0 Å². The van der Waals surface area contributed by atoms with Gasteiger partial charge < -0.3 is 4.90 Å². The summed E-state index contributed by atoms with van der Waals surface area (Å²) in [5.41, 5.74) is 0.698. The smallest absolute Gasteiger partial charge is 0.227 e. The third kappa shape index (κ3) is 3.70. The fraction of sp³-hybridized carbons (Fsp3) is 0.385. The van der Waals surface area contributed by atoms with Crippen molar-refractivity contribution in [1.29, 1.82) is 0 Å². The van der Waals surface area contributed by atoms with Crippen LogP contribution in [0.15, 0.2) is 16.6 Å². The first-order chi connectivity index (χ1) is 9.38. The lowest BCUT2D eigenvalue weighted by molar-refractivity contribution is -0.117. The molecule has 1 heterocycles. The van der Waals surface area contributed by atoms with Crippen LogP contribution >= 0.6 is 50.9 Å². The summed E-state index contributed by atoms with van der Waals surface area (Å²) in [4.78, 5) is 24.7. The van der Waals surface area contributed by atoms with Crippen molar-refractivity contribution < 1.29 is 9.59 Å². The summed E-state index contributed by atoms with van der Waals surface area (Å²) in [6, 6.07) is 3.44. The molecule has 7 heteroatoms. The zero-order valence-electron chi connectivity index (χ0n) is 10.7. The van der Waals surface area contributed by atoms with Crippen LogP contribution in [-0.4, -0.2) is 23.3 Å². The molecule has 1 aliphatic rings. The number of anilines is 1. The number of amides is 1. The van der Waals surface area contributed by atoms with Gasteiger partial charge >= 0.3 is 0 Å². The topological polar surface area (TPSA) is 37.4 Å². The Bertz CT molecular complexity index is 544. The monoisotopic (exact) mass is 395 g/mol. The Morgan fingerprint density at radius 3 is 2.60 bits per heavy atom. The van der Waals surface area contributed by atoms with Crippen molar-refractivity contribution in [2.24, 2.45) is 5.92 Å². The number of hydrogen-bond acceptors (Lipinski definition) is 3. The van der Waals surface area contributed by atoms with Crippen LogP contribution in [-0.2, 0) is 9.59 Å². The van der Waals surface area contributed by atoms with Crippen LogP contribution in [0.3, 0.4) is 0 Å². The van der Waals surface area contributed by atoms with Gasteiger partial charge in [0.15, 0.2) is 5.12 Å². The van der Waals surface area contributed by atoms with Gasteiger partial charge in [0, 0.05) is 31.3 Å². The minimum atomic E-state index is 0.0357. The lowest BCUT2D eigenvalue weighted by Crippen LogP contribution is -2.24. The molecule has 108 valence electrons. The van der Waals surface area contributed by atoms with Crippen molar-refractivity contribution in [2.75, 3.05) is 17.2 Å². The maximum Gasteiger partial charge on any atom is 0.227 e. The van der Waals surface area contributed by atoms with Gasteiger partial charge in [-0.05, 0) is 34.0 Å². The van der Waals surface area contributed by atoms with E-state index in [1.165, 1.54) is 18.7 Å². The van der Waals surface area contributed by atoms with E-state index in [4.69, 9.17) is 23.2 Å². The zero-order valence-corrected chi connectivity index (χ0v) is 14.6. The van der Waals surface area contributed by atoms with E-state index >= 15 is 0 Å². The first-order valence-corrected chi connectivity index (χ1v) is 8.50. The summed E-state index contributed by atoms with van der Waals surface area (Å²) in [5, 5.41) is 1.02. The van der Waals surface area contributed by atoms with Crippen molar-refractivity contribution in [1.82, 2.24) is 0 Å². The molecule has 0 aliphatic carbocycles. The van der Waals surface area contributed by atoms with Gasteiger partial charge in [-0.1, -0.05) is 35.0 Å². The minimum absolute atomic E-state index is 0.0357. The van der Waals surface area contributed by atoms with Crippen molar-refractivity contribution in [3.8, 4) is 0 Å². The molecule has 1 atom stereocenters. The molecule has 0 saturated carbocycles. The Morgan fingerprint density at radius 2 is 2.05 bits per heavy atom. The maximum atomic E-state index is 12.1. The zero-order chi connectivity index (χ0) is 14.9. The predicted octanol–water partition coefficient (Wildman–Crippen LogP) is 4.39. The number of hydrogen-bond donors (Lipinski definition) is 0. The molecule has 1 saturated heterocycles. The number of nitrogens with zero attached hydrogens (tertiary/aromatic N) is 1. The molecule has 1 aliphatic heterocycles. The van der Waals surface area contributed by atoms with Gasteiger partial charge in [0.25, 0.3) is 0 Å². The molecule has 3 nitrogen and oxygen atoms in total. The van der Waals surface area contributed by atoms with Crippen molar-refractivity contribution in [2.45, 2.75) is 13.3 Å². The first kappa shape index (κ1) is 16.1. The second-order valence-corrected chi connectivity index (χ2v) is 7.40. The largest absolute Gasteiger partial charge is 0.312 e. The number of carbonyl (C=O) groups excluding carboxylic acids is 2. The average molecular weight is 397 g/mol. The van der Waals surface area contributed by atoms with Crippen LogP contribution < -0.4 is 4.90 Å². The van der Waals surface area contributed by atoms with Crippen LogP contribution in [0.5, 0.6) is 0 Å². The first-order valence-electron chi connectivity index (χ1n) is 5.96. The summed E-state index contributed by atoms with van der Waals surface area (Å²) >= 11 is 16.7. The van der Waals surface area contributed by atoms with E-state index in [2.05, 4.69) is 15.9 Å². The second kappa shape index (κ2) is 6.69. The highest BCUT2D eigenvalue weighted by Gasteiger charge is 2.31. The fourth-order valence-electron chi connectivity index (χ4n) is 2.08. The highest BCUT2D eigenvalue weighted by atomic mass is 79.9. The van der Waals surface area contributed by atoms with Gasteiger partial charge in [-0.2, -0.15) is 0 Å². The highest BCUT2D eigenvalue weighted by Crippen LogP contribution is 2.37. The van der Waals surface area contributed by atoms with E-state index < -0.39 is 0 Å². The third-order valence-electron chi connectivity index (χ3n) is 3.01. The maximum absolute atomic E-state index is 12.1. The number of thioether (sulfide) groups is 1. The summed E-state index contributed by atoms with van der Waals surface area (Å²) in [6.45, 7) is 2.13. The molecule has 0 bridgehead atoms. The molecule has 1 fully saturated rings. The van der Waals surface area contributed by atoms with E-state index in [-0.39, 0.29) is 16.9 Å². The summed E-state index contributed by atoms with van der Waals surface area (Å²) in [5.74, 6) is 0.876. The van der Waals surface area contributed by atoms with Crippen molar-refractivity contribution in [3.05, 3.63) is 26.7 Å². The average Bonchev–Trinajstić information content (AvgIpc) is 2.74. The molecule has 0 radical (unpaired) electrons. The van der Waals surface area contributed by atoms with Gasteiger partial charge in [-0.3, -0.25) is 9.59 Å². The molecule has 1 aromatic carbocycles. The number of carbonyl (C=O) groups is 2. The number of halogens is 3. The van der Waals surface area contributed by atoms with Gasteiger partial charge in [-0.15, -0.1) is 0 Å².